The minimum atomic E-state index is 0. The summed E-state index contributed by atoms with van der Waals surface area (Å²) in [7, 11) is 4.03. The highest BCUT2D eigenvalue weighted by atomic mass is 127. The predicted octanol–water partition coefficient (Wildman–Crippen LogP) is 3.40. The maximum atomic E-state index is 6.01. The van der Waals surface area contributed by atoms with E-state index in [0.717, 1.165) is 36.4 Å². The molecule has 1 heterocycles. The lowest BCUT2D eigenvalue weighted by atomic mass is 9.94. The molecule has 4 nitrogen and oxygen atoms in total. The molecule has 1 saturated heterocycles. The maximum absolute atomic E-state index is 6.01. The highest BCUT2D eigenvalue weighted by Gasteiger charge is 2.16. The highest BCUT2D eigenvalue weighted by molar-refractivity contribution is 14.0. The van der Waals surface area contributed by atoms with Crippen molar-refractivity contribution in [1.29, 1.82) is 0 Å². The average molecular weight is 465 g/mol. The number of piperidine rings is 1. The Morgan fingerprint density at radius 1 is 1.25 bits per heavy atom. The summed E-state index contributed by atoms with van der Waals surface area (Å²) in [6.45, 7) is 4.31. The van der Waals surface area contributed by atoms with Crippen molar-refractivity contribution in [2.24, 2.45) is 10.9 Å². The summed E-state index contributed by atoms with van der Waals surface area (Å²) in [6.07, 6.45) is 4.80. The minimum absolute atomic E-state index is 0. The molecule has 0 atom stereocenters. The Hall–Kier alpha value is -0.530. The molecule has 6 heteroatoms. The van der Waals surface area contributed by atoms with Crippen LogP contribution in [0.25, 0.3) is 0 Å². The van der Waals surface area contributed by atoms with E-state index in [-0.39, 0.29) is 24.0 Å². The molecule has 0 unspecified atom stereocenters. The van der Waals surface area contributed by atoms with E-state index < -0.39 is 0 Å². The molecule has 0 radical (unpaired) electrons. The van der Waals surface area contributed by atoms with E-state index in [1.54, 1.807) is 0 Å². The fourth-order valence-electron chi connectivity index (χ4n) is 2.98. The molecule has 0 saturated carbocycles. The topological polar surface area (TPSA) is 39.7 Å². The fourth-order valence-corrected chi connectivity index (χ4v) is 3.20. The maximum Gasteiger partial charge on any atom is 0.190 e. The number of rotatable bonds is 6. The summed E-state index contributed by atoms with van der Waals surface area (Å²) in [5.41, 5.74) is 1.24. The van der Waals surface area contributed by atoms with E-state index in [2.05, 4.69) is 33.6 Å². The summed E-state index contributed by atoms with van der Waals surface area (Å²) in [5, 5.41) is 7.59. The number of halogens is 2. The fraction of sp³-hybridized carbons (Fsp3) is 0.611. The van der Waals surface area contributed by atoms with Crippen LogP contribution in [0.1, 0.15) is 24.8 Å². The Morgan fingerprint density at radius 3 is 2.62 bits per heavy atom. The third kappa shape index (κ3) is 8.03. The lowest BCUT2D eigenvalue weighted by molar-refractivity contribution is 0.213. The molecule has 1 aromatic carbocycles. The molecule has 2 N–H and O–H groups in total. The summed E-state index contributed by atoms with van der Waals surface area (Å²) in [4.78, 5) is 6.71. The molecule has 2 rings (SSSR count). The third-order valence-corrected chi connectivity index (χ3v) is 4.74. The zero-order valence-electron chi connectivity index (χ0n) is 14.7. The number of aliphatic imine (C=N–C) groups is 1. The zero-order chi connectivity index (χ0) is 16.5. The van der Waals surface area contributed by atoms with Gasteiger partial charge >= 0.3 is 0 Å². The molecule has 136 valence electrons. The molecule has 1 aromatic rings. The molecule has 0 aromatic heterocycles. The van der Waals surface area contributed by atoms with Gasteiger partial charge in [-0.05, 0) is 69.4 Å². The van der Waals surface area contributed by atoms with Crippen LogP contribution in [0.3, 0.4) is 0 Å². The first-order valence-electron chi connectivity index (χ1n) is 8.55. The molecule has 1 aliphatic heterocycles. The van der Waals surface area contributed by atoms with Gasteiger partial charge in [-0.25, -0.2) is 0 Å². The average Bonchev–Trinajstić information content (AvgIpc) is 2.55. The van der Waals surface area contributed by atoms with Crippen LogP contribution in [0, 0.1) is 5.92 Å². The standard InChI is InChI=1S/C18H29ClN4.HI/c1-20-18(21-10-6-15-8-12-23(2)13-9-15)22-11-7-16-4-3-5-17(19)14-16;/h3-5,14-15H,6-13H2,1-2H3,(H2,20,21,22);1H. The van der Waals surface area contributed by atoms with Crippen LogP contribution in [0.2, 0.25) is 5.02 Å². The van der Waals surface area contributed by atoms with Crippen molar-refractivity contribution in [3.63, 3.8) is 0 Å². The van der Waals surface area contributed by atoms with Gasteiger partial charge in [0.2, 0.25) is 0 Å². The van der Waals surface area contributed by atoms with Crippen molar-refractivity contribution in [2.45, 2.75) is 25.7 Å². The Labute approximate surface area is 168 Å². The van der Waals surface area contributed by atoms with Gasteiger partial charge in [0.25, 0.3) is 0 Å². The second-order valence-electron chi connectivity index (χ2n) is 6.34. The van der Waals surface area contributed by atoms with Crippen molar-refractivity contribution in [3.8, 4) is 0 Å². The first-order chi connectivity index (χ1) is 11.2. The summed E-state index contributed by atoms with van der Waals surface area (Å²) in [6, 6.07) is 8.01. The van der Waals surface area contributed by atoms with Gasteiger partial charge in [0.15, 0.2) is 5.96 Å². The Morgan fingerprint density at radius 2 is 1.96 bits per heavy atom. The van der Waals surface area contributed by atoms with Gasteiger partial charge in [-0.2, -0.15) is 0 Å². The van der Waals surface area contributed by atoms with Crippen LogP contribution in [-0.2, 0) is 6.42 Å². The van der Waals surface area contributed by atoms with Gasteiger partial charge in [-0.15, -0.1) is 24.0 Å². The van der Waals surface area contributed by atoms with E-state index >= 15 is 0 Å². The molecule has 0 aliphatic carbocycles. The van der Waals surface area contributed by atoms with Crippen LogP contribution in [0.4, 0.5) is 0 Å². The second-order valence-corrected chi connectivity index (χ2v) is 6.78. The highest BCUT2D eigenvalue weighted by Crippen LogP contribution is 2.18. The monoisotopic (exact) mass is 464 g/mol. The van der Waals surface area contributed by atoms with Crippen molar-refractivity contribution in [3.05, 3.63) is 34.9 Å². The largest absolute Gasteiger partial charge is 0.356 e. The molecular formula is C18H30ClIN4. The molecular weight excluding hydrogens is 435 g/mol. The van der Waals surface area contributed by atoms with Crippen LogP contribution in [0.5, 0.6) is 0 Å². The summed E-state index contributed by atoms with van der Waals surface area (Å²) < 4.78 is 0. The number of nitrogens with one attached hydrogen (secondary N) is 2. The van der Waals surface area contributed by atoms with Crippen molar-refractivity contribution in [2.75, 3.05) is 40.3 Å². The van der Waals surface area contributed by atoms with Crippen LogP contribution >= 0.6 is 35.6 Å². The van der Waals surface area contributed by atoms with E-state index in [4.69, 9.17) is 11.6 Å². The van der Waals surface area contributed by atoms with E-state index in [1.807, 2.05) is 25.2 Å². The summed E-state index contributed by atoms with van der Waals surface area (Å²) >= 11 is 6.01. The molecule has 24 heavy (non-hydrogen) atoms. The van der Waals surface area contributed by atoms with Gasteiger partial charge in [-0.1, -0.05) is 23.7 Å². The Balaban J connectivity index is 0.00000288. The molecule has 1 fully saturated rings. The SMILES string of the molecule is CN=C(NCCc1cccc(Cl)c1)NCCC1CCN(C)CC1.I. The van der Waals surface area contributed by atoms with Gasteiger partial charge in [-0.3, -0.25) is 4.99 Å². The molecule has 0 amide bonds. The van der Waals surface area contributed by atoms with E-state index in [1.165, 1.54) is 37.9 Å². The minimum Gasteiger partial charge on any atom is -0.356 e. The van der Waals surface area contributed by atoms with Crippen molar-refractivity contribution < 1.29 is 0 Å². The number of guanidine groups is 1. The normalized spacial score (nSPS) is 16.5. The number of nitrogens with zero attached hydrogens (tertiary/aromatic N) is 2. The van der Waals surface area contributed by atoms with Gasteiger partial charge in [0.05, 0.1) is 0 Å². The Bertz CT molecular complexity index is 502. The summed E-state index contributed by atoms with van der Waals surface area (Å²) in [5.74, 6) is 1.74. The van der Waals surface area contributed by atoms with Gasteiger partial charge in [0.1, 0.15) is 0 Å². The number of hydrogen-bond acceptors (Lipinski definition) is 2. The molecule has 0 spiro atoms. The van der Waals surface area contributed by atoms with Crippen molar-refractivity contribution in [1.82, 2.24) is 15.5 Å². The zero-order valence-corrected chi connectivity index (χ0v) is 17.8. The van der Waals surface area contributed by atoms with Crippen molar-refractivity contribution >= 4 is 41.5 Å². The van der Waals surface area contributed by atoms with E-state index in [9.17, 15) is 0 Å². The quantitative estimate of drug-likeness (QED) is 0.385. The number of hydrogen-bond donors (Lipinski definition) is 2. The lowest BCUT2D eigenvalue weighted by Gasteiger charge is -2.29. The van der Waals surface area contributed by atoms with Gasteiger partial charge in [0, 0.05) is 25.2 Å². The second kappa shape index (κ2) is 11.9. The smallest absolute Gasteiger partial charge is 0.190 e. The number of likely N-dealkylation sites (tertiary alicyclic amines) is 1. The van der Waals surface area contributed by atoms with E-state index in [0.29, 0.717) is 0 Å². The lowest BCUT2D eigenvalue weighted by Crippen LogP contribution is -2.39. The Kier molecular flexibility index (Phi) is 10.7. The first-order valence-corrected chi connectivity index (χ1v) is 8.92. The van der Waals surface area contributed by atoms with Crippen LogP contribution < -0.4 is 10.6 Å². The molecule has 1 aliphatic rings. The van der Waals surface area contributed by atoms with Gasteiger partial charge < -0.3 is 15.5 Å². The van der Waals surface area contributed by atoms with Crippen LogP contribution in [0.15, 0.2) is 29.3 Å². The van der Waals surface area contributed by atoms with Crippen LogP contribution in [-0.4, -0.2) is 51.1 Å². The third-order valence-electron chi connectivity index (χ3n) is 4.50. The first kappa shape index (κ1) is 21.5. The number of benzene rings is 1. The molecule has 0 bridgehead atoms. The predicted molar refractivity (Wildman–Crippen MR) is 115 cm³/mol.